The van der Waals surface area contributed by atoms with Crippen LogP contribution in [0, 0.1) is 18.8 Å². The Labute approximate surface area is 239 Å². The number of aryl methyl sites for hydroxylation is 1. The van der Waals surface area contributed by atoms with Crippen LogP contribution in [0.2, 0.25) is 0 Å². The molecule has 0 bridgehead atoms. The molecule has 4 heterocycles. The highest BCUT2D eigenvalue weighted by Crippen LogP contribution is 2.48. The summed E-state index contributed by atoms with van der Waals surface area (Å²) in [7, 11) is 0. The number of hydrogen-bond acceptors (Lipinski definition) is 9. The zero-order valence-electron chi connectivity index (χ0n) is 22.6. The second kappa shape index (κ2) is 10.4. The average Bonchev–Trinajstić information content (AvgIpc) is 3.26. The fourth-order valence-electron chi connectivity index (χ4n) is 5.09. The maximum Gasteiger partial charge on any atom is 0.387 e. The Morgan fingerprint density at radius 3 is 2.41 bits per heavy atom. The summed E-state index contributed by atoms with van der Waals surface area (Å²) in [6.07, 6.45) is 3.24. The number of nitrogens with two attached hydrogens (primary N) is 1. The van der Waals surface area contributed by atoms with E-state index in [1.54, 1.807) is 30.6 Å². The Kier molecular flexibility index (Phi) is 6.90. The molecule has 1 amide bonds. The van der Waals surface area contributed by atoms with Gasteiger partial charge in [-0.15, -0.1) is 11.3 Å². The molecule has 4 aromatic rings. The van der Waals surface area contributed by atoms with Crippen LogP contribution in [0.25, 0.3) is 22.1 Å². The number of fused-ring (bicyclic) bond motifs is 1. The number of hydrogen-bond donors (Lipinski definition) is 1. The lowest BCUT2D eigenvalue weighted by atomic mass is 9.95. The molecular weight excluding hydrogens is 550 g/mol. The Morgan fingerprint density at radius 1 is 1.10 bits per heavy atom. The van der Waals surface area contributed by atoms with Crippen molar-refractivity contribution in [2.45, 2.75) is 39.0 Å². The van der Waals surface area contributed by atoms with Gasteiger partial charge in [-0.2, -0.15) is 8.78 Å². The maximum atomic E-state index is 13.3. The molecule has 1 unspecified atom stereocenters. The van der Waals surface area contributed by atoms with Crippen LogP contribution in [0.5, 0.6) is 11.6 Å². The van der Waals surface area contributed by atoms with Crippen molar-refractivity contribution in [2.75, 3.05) is 13.1 Å². The van der Waals surface area contributed by atoms with Crippen molar-refractivity contribution in [1.29, 1.82) is 0 Å². The molecule has 212 valence electrons. The molecule has 2 N–H and O–H groups in total. The number of carbonyl (C=O) groups excluding carboxylic acids is 1. The van der Waals surface area contributed by atoms with Crippen molar-refractivity contribution in [3.63, 3.8) is 0 Å². The number of rotatable bonds is 8. The molecule has 1 aliphatic heterocycles. The quantitative estimate of drug-likeness (QED) is 0.313. The topological polar surface area (TPSA) is 116 Å². The second-order valence-electron chi connectivity index (χ2n) is 10.8. The van der Waals surface area contributed by atoms with E-state index >= 15 is 0 Å². The van der Waals surface area contributed by atoms with Crippen LogP contribution in [-0.2, 0) is 5.54 Å². The number of ether oxygens (including phenoxy) is 2. The van der Waals surface area contributed by atoms with Gasteiger partial charge in [0, 0.05) is 54.5 Å². The fourth-order valence-corrected chi connectivity index (χ4v) is 6.07. The molecule has 3 atom stereocenters. The number of amides is 1. The second-order valence-corrected chi connectivity index (χ2v) is 11.8. The Morgan fingerprint density at radius 2 is 1.78 bits per heavy atom. The van der Waals surface area contributed by atoms with E-state index in [9.17, 15) is 13.6 Å². The summed E-state index contributed by atoms with van der Waals surface area (Å²) in [6, 6.07) is 11.7. The van der Waals surface area contributed by atoms with E-state index in [0.717, 1.165) is 11.1 Å². The smallest absolute Gasteiger partial charge is 0.387 e. The van der Waals surface area contributed by atoms with Gasteiger partial charge >= 0.3 is 6.61 Å². The number of benzene rings is 1. The molecule has 3 aromatic heterocycles. The van der Waals surface area contributed by atoms with Crippen LogP contribution >= 0.6 is 11.3 Å². The molecule has 1 aliphatic carbocycles. The summed E-state index contributed by atoms with van der Waals surface area (Å²) in [5.41, 5.74) is 8.57. The molecule has 9 nitrogen and oxygen atoms in total. The number of likely N-dealkylation sites (tertiary alicyclic amines) is 1. The van der Waals surface area contributed by atoms with Gasteiger partial charge in [0.25, 0.3) is 5.91 Å². The van der Waals surface area contributed by atoms with Gasteiger partial charge in [0.15, 0.2) is 10.8 Å². The number of piperidine rings is 1. The lowest BCUT2D eigenvalue weighted by Gasteiger charge is -2.22. The van der Waals surface area contributed by atoms with E-state index in [0.29, 0.717) is 46.1 Å². The number of alkyl halides is 2. The van der Waals surface area contributed by atoms with E-state index < -0.39 is 12.2 Å². The maximum absolute atomic E-state index is 13.3. The first kappa shape index (κ1) is 27.2. The predicted octanol–water partition coefficient (Wildman–Crippen LogP) is 4.92. The van der Waals surface area contributed by atoms with Gasteiger partial charge in [0.1, 0.15) is 16.7 Å². The molecule has 2 aliphatic rings. The molecule has 0 spiro atoms. The van der Waals surface area contributed by atoms with Crippen molar-refractivity contribution in [2.24, 2.45) is 17.6 Å². The summed E-state index contributed by atoms with van der Waals surface area (Å²) in [4.78, 5) is 33.5. The Balaban J connectivity index is 1.15. The summed E-state index contributed by atoms with van der Waals surface area (Å²) < 4.78 is 35.9. The molecule has 12 heteroatoms. The lowest BCUT2D eigenvalue weighted by molar-refractivity contribution is -0.0498. The van der Waals surface area contributed by atoms with E-state index in [1.165, 1.54) is 23.5 Å². The van der Waals surface area contributed by atoms with Gasteiger partial charge in [-0.3, -0.25) is 4.79 Å². The molecule has 0 radical (unpaired) electrons. The van der Waals surface area contributed by atoms with Crippen molar-refractivity contribution in [3.05, 3.63) is 71.0 Å². The highest BCUT2D eigenvalue weighted by molar-refractivity contribution is 7.17. The van der Waals surface area contributed by atoms with Crippen molar-refractivity contribution < 1.29 is 23.0 Å². The van der Waals surface area contributed by atoms with Gasteiger partial charge in [0.05, 0.1) is 11.4 Å². The molecular formula is C29H28F2N6O3S. The van der Waals surface area contributed by atoms with Crippen molar-refractivity contribution in [1.82, 2.24) is 24.8 Å². The minimum absolute atomic E-state index is 0.0420. The number of pyridine rings is 1. The largest absolute Gasteiger partial charge is 0.474 e. The summed E-state index contributed by atoms with van der Waals surface area (Å²) >= 11 is 1.31. The third kappa shape index (κ3) is 5.62. The van der Waals surface area contributed by atoms with Crippen LogP contribution in [0.1, 0.15) is 34.8 Å². The summed E-state index contributed by atoms with van der Waals surface area (Å²) in [6.45, 7) is 3.89. The van der Waals surface area contributed by atoms with Crippen LogP contribution in [-0.4, -0.2) is 56.5 Å². The van der Waals surface area contributed by atoms with Crippen LogP contribution in [0.15, 0.2) is 54.9 Å². The van der Waals surface area contributed by atoms with Gasteiger partial charge < -0.3 is 20.1 Å². The standard InChI is InChI=1S/C29H28F2N6O3S/c1-15-24(41-26(35-15)25-33-9-4-10-34-25)27(38)37-13-19-20(14-37)23(19)40-22-12-17(29(2,3)32)11-21(36-22)16-5-7-18(8-6-16)39-28(30)31/h4-12,19-20,23,28H,13-14,32H2,1-3H3/t19-,20+,23?. The fraction of sp³-hybridized carbons (Fsp3) is 0.345. The van der Waals surface area contributed by atoms with E-state index in [4.69, 9.17) is 15.5 Å². The summed E-state index contributed by atoms with van der Waals surface area (Å²) in [5.74, 6) is 1.37. The Bertz CT molecular complexity index is 1560. The number of carbonyl (C=O) groups is 1. The number of halogens is 2. The zero-order chi connectivity index (χ0) is 28.9. The summed E-state index contributed by atoms with van der Waals surface area (Å²) in [5, 5.41) is 0.623. The SMILES string of the molecule is Cc1nc(-c2ncccn2)sc1C(=O)N1C[C@@H]2C(Oc3cc(C(C)(C)N)cc(-c4ccc(OC(F)F)cc4)n3)[C@@H]2C1. The molecule has 41 heavy (non-hydrogen) atoms. The number of nitrogens with zero attached hydrogens (tertiary/aromatic N) is 5. The molecule has 6 rings (SSSR count). The number of thiazole rings is 1. The Hall–Kier alpha value is -4.03. The lowest BCUT2D eigenvalue weighted by Crippen LogP contribution is -2.33. The first-order chi connectivity index (χ1) is 19.6. The zero-order valence-corrected chi connectivity index (χ0v) is 23.4. The van der Waals surface area contributed by atoms with Crippen LogP contribution < -0.4 is 15.2 Å². The van der Waals surface area contributed by atoms with E-state index in [1.807, 2.05) is 37.8 Å². The highest BCUT2D eigenvalue weighted by atomic mass is 32.1. The van der Waals surface area contributed by atoms with Crippen molar-refractivity contribution >= 4 is 17.2 Å². The molecule has 1 saturated carbocycles. The molecule has 1 saturated heterocycles. The minimum atomic E-state index is -2.89. The first-order valence-electron chi connectivity index (χ1n) is 13.1. The average molecular weight is 579 g/mol. The van der Waals surface area contributed by atoms with Crippen LogP contribution in [0.4, 0.5) is 8.78 Å². The predicted molar refractivity (Wildman–Crippen MR) is 149 cm³/mol. The first-order valence-corrected chi connectivity index (χ1v) is 14.0. The third-order valence-corrected chi connectivity index (χ3v) is 8.47. The monoisotopic (exact) mass is 578 g/mol. The molecule has 1 aromatic carbocycles. The number of aromatic nitrogens is 4. The van der Waals surface area contributed by atoms with E-state index in [2.05, 4.69) is 19.7 Å². The van der Waals surface area contributed by atoms with Gasteiger partial charge in [-0.1, -0.05) is 0 Å². The molecule has 2 fully saturated rings. The van der Waals surface area contributed by atoms with Crippen LogP contribution in [0.3, 0.4) is 0 Å². The third-order valence-electron chi connectivity index (χ3n) is 7.33. The van der Waals surface area contributed by atoms with Gasteiger partial charge in [0.2, 0.25) is 5.88 Å². The van der Waals surface area contributed by atoms with Gasteiger partial charge in [-0.05, 0) is 62.7 Å². The normalized spacial score (nSPS) is 19.8. The van der Waals surface area contributed by atoms with E-state index in [-0.39, 0.29) is 29.6 Å². The van der Waals surface area contributed by atoms with Crippen molar-refractivity contribution in [3.8, 4) is 33.7 Å². The van der Waals surface area contributed by atoms with Gasteiger partial charge in [-0.25, -0.2) is 19.9 Å². The highest BCUT2D eigenvalue weighted by Gasteiger charge is 2.59. The minimum Gasteiger partial charge on any atom is -0.474 e.